The van der Waals surface area contributed by atoms with Gasteiger partial charge >= 0.3 is 0 Å². The third-order valence-electron chi connectivity index (χ3n) is 2.62. The van der Waals surface area contributed by atoms with Crippen LogP contribution in [0, 0.1) is 5.92 Å². The summed E-state index contributed by atoms with van der Waals surface area (Å²) in [6.07, 6.45) is 0.968. The molecule has 17 heavy (non-hydrogen) atoms. The second-order valence-electron chi connectivity index (χ2n) is 4.00. The molecule has 1 unspecified atom stereocenters. The number of hydrogen-bond donors (Lipinski definition) is 2. The van der Waals surface area contributed by atoms with Crippen LogP contribution >= 0.6 is 0 Å². The Balaban J connectivity index is 2.03. The van der Waals surface area contributed by atoms with Crippen LogP contribution in [0.2, 0.25) is 0 Å². The van der Waals surface area contributed by atoms with Gasteiger partial charge in [-0.3, -0.25) is 4.79 Å². The van der Waals surface area contributed by atoms with Crippen molar-refractivity contribution in [2.75, 3.05) is 25.6 Å². The van der Waals surface area contributed by atoms with Crippen LogP contribution in [0.4, 0.5) is 5.69 Å². The molecule has 0 bridgehead atoms. The molecule has 1 fully saturated rings. The van der Waals surface area contributed by atoms with E-state index in [1.165, 1.54) is 6.07 Å². The van der Waals surface area contributed by atoms with Crippen molar-refractivity contribution < 1.29 is 14.3 Å². The SMILES string of the molecule is NC(=O)c1ccc(N)c(OCC2CCOC2)n1. The average molecular weight is 237 g/mol. The monoisotopic (exact) mass is 237 g/mol. The first kappa shape index (κ1) is 11.7. The number of carbonyl (C=O) groups is 1. The fourth-order valence-corrected chi connectivity index (χ4v) is 1.62. The topological polar surface area (TPSA) is 100 Å². The van der Waals surface area contributed by atoms with Crippen molar-refractivity contribution in [2.24, 2.45) is 11.7 Å². The van der Waals surface area contributed by atoms with E-state index < -0.39 is 5.91 Å². The predicted molar refractivity (Wildman–Crippen MR) is 61.6 cm³/mol. The van der Waals surface area contributed by atoms with Crippen molar-refractivity contribution in [1.29, 1.82) is 0 Å². The molecule has 0 radical (unpaired) electrons. The van der Waals surface area contributed by atoms with Crippen LogP contribution in [0.3, 0.4) is 0 Å². The van der Waals surface area contributed by atoms with Crippen molar-refractivity contribution in [2.45, 2.75) is 6.42 Å². The molecular formula is C11H15N3O3. The minimum atomic E-state index is -0.598. The van der Waals surface area contributed by atoms with Gasteiger partial charge in [0, 0.05) is 12.5 Å². The lowest BCUT2D eigenvalue weighted by atomic mass is 10.1. The highest BCUT2D eigenvalue weighted by Gasteiger charge is 2.17. The van der Waals surface area contributed by atoms with Crippen LogP contribution in [0.15, 0.2) is 12.1 Å². The molecule has 2 heterocycles. The number of nitrogens with two attached hydrogens (primary N) is 2. The zero-order chi connectivity index (χ0) is 12.3. The minimum Gasteiger partial charge on any atom is -0.476 e. The molecule has 1 aliphatic heterocycles. The number of carbonyl (C=O) groups excluding carboxylic acids is 1. The zero-order valence-electron chi connectivity index (χ0n) is 9.39. The van der Waals surface area contributed by atoms with Gasteiger partial charge in [0.15, 0.2) is 0 Å². The van der Waals surface area contributed by atoms with Crippen LogP contribution in [-0.4, -0.2) is 30.7 Å². The third kappa shape index (κ3) is 2.85. The number of nitrogens with zero attached hydrogens (tertiary/aromatic N) is 1. The molecule has 6 heteroatoms. The van der Waals surface area contributed by atoms with Crippen LogP contribution in [0.5, 0.6) is 5.88 Å². The molecule has 0 aliphatic carbocycles. The van der Waals surface area contributed by atoms with E-state index in [-0.39, 0.29) is 11.6 Å². The number of primary amides is 1. The van der Waals surface area contributed by atoms with E-state index >= 15 is 0 Å². The highest BCUT2D eigenvalue weighted by atomic mass is 16.5. The lowest BCUT2D eigenvalue weighted by molar-refractivity contribution is 0.0994. The number of rotatable bonds is 4. The number of anilines is 1. The first-order valence-electron chi connectivity index (χ1n) is 5.43. The molecule has 92 valence electrons. The maximum absolute atomic E-state index is 11.0. The maximum Gasteiger partial charge on any atom is 0.267 e. The van der Waals surface area contributed by atoms with Crippen LogP contribution in [0.1, 0.15) is 16.9 Å². The van der Waals surface area contributed by atoms with E-state index in [9.17, 15) is 4.79 Å². The summed E-state index contributed by atoms with van der Waals surface area (Å²) in [4.78, 5) is 14.9. The van der Waals surface area contributed by atoms with Gasteiger partial charge in [0.05, 0.1) is 18.9 Å². The molecule has 1 aromatic heterocycles. The van der Waals surface area contributed by atoms with Gasteiger partial charge in [-0.15, -0.1) is 0 Å². The van der Waals surface area contributed by atoms with E-state index in [1.54, 1.807) is 6.07 Å². The summed E-state index contributed by atoms with van der Waals surface area (Å²) in [5, 5.41) is 0. The molecule has 0 spiro atoms. The largest absolute Gasteiger partial charge is 0.476 e. The Labute approximate surface area is 98.9 Å². The van der Waals surface area contributed by atoms with Crippen LogP contribution < -0.4 is 16.2 Å². The van der Waals surface area contributed by atoms with Crippen molar-refractivity contribution in [3.05, 3.63) is 17.8 Å². The normalized spacial score (nSPS) is 19.2. The van der Waals surface area contributed by atoms with E-state index in [2.05, 4.69) is 4.98 Å². The van der Waals surface area contributed by atoms with Gasteiger partial charge in [0.1, 0.15) is 5.69 Å². The summed E-state index contributed by atoms with van der Waals surface area (Å²) >= 11 is 0. The highest BCUT2D eigenvalue weighted by Crippen LogP contribution is 2.20. The summed E-state index contributed by atoms with van der Waals surface area (Å²) in [6, 6.07) is 3.04. The second kappa shape index (κ2) is 5.01. The lowest BCUT2D eigenvalue weighted by Gasteiger charge is -2.11. The highest BCUT2D eigenvalue weighted by molar-refractivity contribution is 5.91. The summed E-state index contributed by atoms with van der Waals surface area (Å²) in [6.45, 7) is 1.94. The Morgan fingerprint density at radius 2 is 2.41 bits per heavy atom. The smallest absolute Gasteiger partial charge is 0.267 e. The molecule has 6 nitrogen and oxygen atoms in total. The van der Waals surface area contributed by atoms with E-state index in [4.69, 9.17) is 20.9 Å². The molecule has 0 saturated carbocycles. The summed E-state index contributed by atoms with van der Waals surface area (Å²) < 4.78 is 10.7. The minimum absolute atomic E-state index is 0.150. The molecule has 1 amide bonds. The van der Waals surface area contributed by atoms with Gasteiger partial charge in [-0.05, 0) is 18.6 Å². The Kier molecular flexibility index (Phi) is 3.43. The van der Waals surface area contributed by atoms with E-state index in [1.807, 2.05) is 0 Å². The number of aromatic nitrogens is 1. The van der Waals surface area contributed by atoms with Crippen molar-refractivity contribution in [1.82, 2.24) is 4.98 Å². The molecule has 0 aromatic carbocycles. The number of pyridine rings is 1. The molecule has 1 aromatic rings. The fraction of sp³-hybridized carbons (Fsp3) is 0.455. The number of amides is 1. The van der Waals surface area contributed by atoms with Crippen LogP contribution in [-0.2, 0) is 4.74 Å². The van der Waals surface area contributed by atoms with E-state index in [0.717, 1.165) is 13.0 Å². The van der Waals surface area contributed by atoms with Gasteiger partial charge in [0.2, 0.25) is 5.88 Å². The first-order valence-corrected chi connectivity index (χ1v) is 5.43. The Morgan fingerprint density at radius 3 is 3.06 bits per heavy atom. The molecule has 4 N–H and O–H groups in total. The molecule has 1 aliphatic rings. The zero-order valence-corrected chi connectivity index (χ0v) is 9.39. The summed E-state index contributed by atoms with van der Waals surface area (Å²) in [5.74, 6) is 0.0145. The fourth-order valence-electron chi connectivity index (χ4n) is 1.62. The molecular weight excluding hydrogens is 222 g/mol. The standard InChI is InChI=1S/C11H15N3O3/c12-8-1-2-9(10(13)15)14-11(8)17-6-7-3-4-16-5-7/h1-2,7H,3-6,12H2,(H2,13,15). The van der Waals surface area contributed by atoms with Gasteiger partial charge in [-0.1, -0.05) is 0 Å². The van der Waals surface area contributed by atoms with Gasteiger partial charge in [-0.2, -0.15) is 0 Å². The Hall–Kier alpha value is -1.82. The van der Waals surface area contributed by atoms with Crippen molar-refractivity contribution >= 4 is 11.6 Å². The van der Waals surface area contributed by atoms with Crippen molar-refractivity contribution in [3.63, 3.8) is 0 Å². The molecule has 2 rings (SSSR count). The first-order chi connectivity index (χ1) is 8.16. The quantitative estimate of drug-likeness (QED) is 0.777. The van der Waals surface area contributed by atoms with Gasteiger partial charge < -0.3 is 20.9 Å². The maximum atomic E-state index is 11.0. The average Bonchev–Trinajstić information content (AvgIpc) is 2.80. The van der Waals surface area contributed by atoms with Gasteiger partial charge in [-0.25, -0.2) is 4.98 Å². The van der Waals surface area contributed by atoms with Gasteiger partial charge in [0.25, 0.3) is 5.91 Å². The van der Waals surface area contributed by atoms with E-state index in [0.29, 0.717) is 24.8 Å². The van der Waals surface area contributed by atoms with Crippen LogP contribution in [0.25, 0.3) is 0 Å². The number of nitrogen functional groups attached to an aromatic ring is 1. The summed E-state index contributed by atoms with van der Waals surface area (Å²) in [5.41, 5.74) is 11.4. The molecule has 1 saturated heterocycles. The van der Waals surface area contributed by atoms with Crippen molar-refractivity contribution in [3.8, 4) is 5.88 Å². The number of ether oxygens (including phenoxy) is 2. The number of hydrogen-bond acceptors (Lipinski definition) is 5. The Morgan fingerprint density at radius 1 is 1.59 bits per heavy atom. The third-order valence-corrected chi connectivity index (χ3v) is 2.62. The molecule has 1 atom stereocenters. The lowest BCUT2D eigenvalue weighted by Crippen LogP contribution is -2.16. The predicted octanol–water partition coefficient (Wildman–Crippen LogP) is 0.178. The second-order valence-corrected chi connectivity index (χ2v) is 4.00. The summed E-state index contributed by atoms with van der Waals surface area (Å²) in [7, 11) is 0. The Bertz CT molecular complexity index is 416.